The van der Waals surface area contributed by atoms with Gasteiger partial charge in [0, 0.05) is 17.5 Å². The second kappa shape index (κ2) is 8.33. The Balaban J connectivity index is 2.03. The third-order valence-corrected chi connectivity index (χ3v) is 4.59. The van der Waals surface area contributed by atoms with Crippen LogP contribution in [0.2, 0.25) is 0 Å². The van der Waals surface area contributed by atoms with Gasteiger partial charge in [-0.25, -0.2) is 8.78 Å². The van der Waals surface area contributed by atoms with Crippen LogP contribution in [0.4, 0.5) is 8.78 Å². The Morgan fingerprint density at radius 1 is 1.29 bits per heavy atom. The summed E-state index contributed by atoms with van der Waals surface area (Å²) in [5.41, 5.74) is 0.0489. The lowest BCUT2D eigenvalue weighted by atomic mass is 9.84. The Morgan fingerprint density at radius 3 is 2.58 bits per heavy atom. The van der Waals surface area contributed by atoms with E-state index in [1.54, 1.807) is 6.92 Å². The molecule has 1 heterocycles. The molecule has 0 saturated carbocycles. The van der Waals surface area contributed by atoms with Crippen LogP contribution in [0, 0.1) is 17.6 Å². The SMILES string of the molecule is CCOC(=O)CC(=O)[C@@H]1CCN(C)[C@H](Cc2c(F)cccc2F)C1. The molecule has 4 nitrogen and oxygen atoms in total. The van der Waals surface area contributed by atoms with Crippen molar-refractivity contribution in [2.24, 2.45) is 5.92 Å². The van der Waals surface area contributed by atoms with Gasteiger partial charge < -0.3 is 9.64 Å². The fourth-order valence-corrected chi connectivity index (χ4v) is 3.16. The van der Waals surface area contributed by atoms with E-state index in [0.29, 0.717) is 19.4 Å². The number of carbonyl (C=O) groups excluding carboxylic acids is 2. The molecule has 6 heteroatoms. The van der Waals surface area contributed by atoms with Crippen molar-refractivity contribution in [3.63, 3.8) is 0 Å². The first-order valence-corrected chi connectivity index (χ1v) is 8.23. The van der Waals surface area contributed by atoms with Gasteiger partial charge in [-0.1, -0.05) is 6.07 Å². The molecule has 1 aliphatic heterocycles. The molecular weight excluding hydrogens is 316 g/mol. The first-order chi connectivity index (χ1) is 11.4. The van der Waals surface area contributed by atoms with Crippen molar-refractivity contribution >= 4 is 11.8 Å². The molecule has 0 bridgehead atoms. The fourth-order valence-electron chi connectivity index (χ4n) is 3.16. The van der Waals surface area contributed by atoms with Crippen molar-refractivity contribution in [3.05, 3.63) is 35.4 Å². The number of Topliss-reactive ketones (excluding diaryl/α,β-unsaturated/α-hetero) is 1. The van der Waals surface area contributed by atoms with Crippen molar-refractivity contribution in [3.8, 4) is 0 Å². The van der Waals surface area contributed by atoms with Gasteiger partial charge in [-0.2, -0.15) is 0 Å². The molecule has 0 N–H and O–H groups in total. The standard InChI is InChI=1S/C18H23F2NO3/c1-3-24-18(23)11-17(22)12-7-8-21(2)13(9-12)10-14-15(19)5-4-6-16(14)20/h4-6,12-13H,3,7-11H2,1-2H3/t12-,13+/m1/s1. The highest BCUT2D eigenvalue weighted by Gasteiger charge is 2.32. The first-order valence-electron chi connectivity index (χ1n) is 8.23. The molecule has 2 atom stereocenters. The number of hydrogen-bond donors (Lipinski definition) is 0. The number of likely N-dealkylation sites (tertiary alicyclic amines) is 1. The van der Waals surface area contributed by atoms with Crippen molar-refractivity contribution < 1.29 is 23.1 Å². The molecule has 0 aliphatic carbocycles. The molecule has 1 fully saturated rings. The molecule has 1 aliphatic rings. The summed E-state index contributed by atoms with van der Waals surface area (Å²) in [4.78, 5) is 25.7. The van der Waals surface area contributed by atoms with Gasteiger partial charge in [-0.3, -0.25) is 9.59 Å². The van der Waals surface area contributed by atoms with E-state index in [1.807, 2.05) is 11.9 Å². The van der Waals surface area contributed by atoms with Crippen LogP contribution in [0.15, 0.2) is 18.2 Å². The number of carbonyl (C=O) groups is 2. The van der Waals surface area contributed by atoms with E-state index in [4.69, 9.17) is 4.74 Å². The van der Waals surface area contributed by atoms with Crippen molar-refractivity contribution in [1.29, 1.82) is 0 Å². The van der Waals surface area contributed by atoms with E-state index in [1.165, 1.54) is 18.2 Å². The van der Waals surface area contributed by atoms with Crippen molar-refractivity contribution in [2.45, 2.75) is 38.6 Å². The Bertz CT molecular complexity index is 586. The average molecular weight is 339 g/mol. The number of halogens is 2. The molecule has 0 aromatic heterocycles. The Morgan fingerprint density at radius 2 is 1.96 bits per heavy atom. The molecule has 24 heavy (non-hydrogen) atoms. The monoisotopic (exact) mass is 339 g/mol. The number of piperidine rings is 1. The lowest BCUT2D eigenvalue weighted by Gasteiger charge is -2.36. The maximum Gasteiger partial charge on any atom is 0.313 e. The molecule has 1 aromatic rings. The highest BCUT2D eigenvalue weighted by molar-refractivity contribution is 5.96. The summed E-state index contributed by atoms with van der Waals surface area (Å²) >= 11 is 0. The number of likely N-dealkylation sites (N-methyl/N-ethyl adjacent to an activating group) is 1. The Hall–Kier alpha value is -1.82. The molecule has 0 unspecified atom stereocenters. The first kappa shape index (κ1) is 18.5. The van der Waals surface area contributed by atoms with E-state index in [9.17, 15) is 18.4 Å². The van der Waals surface area contributed by atoms with Gasteiger partial charge in [-0.15, -0.1) is 0 Å². The third-order valence-electron chi connectivity index (χ3n) is 4.59. The predicted molar refractivity (Wildman–Crippen MR) is 85.5 cm³/mol. The number of hydrogen-bond acceptors (Lipinski definition) is 4. The van der Waals surface area contributed by atoms with Gasteiger partial charge >= 0.3 is 5.97 Å². The van der Waals surface area contributed by atoms with Gasteiger partial charge in [0.05, 0.1) is 6.61 Å². The zero-order valence-electron chi connectivity index (χ0n) is 14.1. The van der Waals surface area contributed by atoms with Crippen LogP contribution in [0.1, 0.15) is 31.7 Å². The largest absolute Gasteiger partial charge is 0.466 e. The zero-order chi connectivity index (χ0) is 17.7. The Labute approximate surface area is 140 Å². The smallest absolute Gasteiger partial charge is 0.313 e. The fraction of sp³-hybridized carbons (Fsp3) is 0.556. The summed E-state index contributed by atoms with van der Waals surface area (Å²) in [6, 6.07) is 3.68. The molecule has 0 spiro atoms. The quantitative estimate of drug-likeness (QED) is 0.591. The number of esters is 1. The minimum atomic E-state index is -0.566. The molecule has 2 rings (SSSR count). The van der Waals surface area contributed by atoms with Crippen LogP contribution in [-0.2, 0) is 20.7 Å². The average Bonchev–Trinajstić information content (AvgIpc) is 2.52. The van der Waals surface area contributed by atoms with Gasteiger partial charge in [0.1, 0.15) is 23.8 Å². The number of nitrogens with zero attached hydrogens (tertiary/aromatic N) is 1. The number of rotatable bonds is 6. The van der Waals surface area contributed by atoms with Crippen molar-refractivity contribution in [2.75, 3.05) is 20.2 Å². The molecule has 1 aromatic carbocycles. The number of ether oxygens (including phenoxy) is 1. The van der Waals surface area contributed by atoms with Crippen molar-refractivity contribution in [1.82, 2.24) is 4.90 Å². The molecule has 0 amide bonds. The van der Waals surface area contributed by atoms with E-state index >= 15 is 0 Å². The van der Waals surface area contributed by atoms with Crippen LogP contribution in [0.25, 0.3) is 0 Å². The van der Waals surface area contributed by atoms with Gasteiger partial charge in [0.2, 0.25) is 0 Å². The second-order valence-corrected chi connectivity index (χ2v) is 6.21. The minimum absolute atomic E-state index is 0.0489. The lowest BCUT2D eigenvalue weighted by Crippen LogP contribution is -2.43. The Kier molecular flexibility index (Phi) is 6.43. The summed E-state index contributed by atoms with van der Waals surface area (Å²) in [7, 11) is 1.88. The van der Waals surface area contributed by atoms with E-state index in [0.717, 1.165) is 0 Å². The summed E-state index contributed by atoms with van der Waals surface area (Å²) < 4.78 is 32.5. The zero-order valence-corrected chi connectivity index (χ0v) is 14.1. The van der Waals surface area contributed by atoms with E-state index in [-0.39, 0.29) is 42.8 Å². The normalized spacial score (nSPS) is 21.5. The minimum Gasteiger partial charge on any atom is -0.466 e. The highest BCUT2D eigenvalue weighted by atomic mass is 19.1. The van der Waals surface area contributed by atoms with E-state index in [2.05, 4.69) is 0 Å². The molecule has 0 radical (unpaired) electrons. The predicted octanol–water partition coefficient (Wildman–Crippen LogP) is 2.74. The molecular formula is C18H23F2NO3. The van der Waals surface area contributed by atoms with Gasteiger partial charge in [0.15, 0.2) is 0 Å². The molecule has 1 saturated heterocycles. The second-order valence-electron chi connectivity index (χ2n) is 6.21. The highest BCUT2D eigenvalue weighted by Crippen LogP contribution is 2.27. The summed E-state index contributed by atoms with van der Waals surface area (Å²) in [6.07, 6.45) is 1.11. The van der Waals surface area contributed by atoms with Gasteiger partial charge in [-0.05, 0) is 51.9 Å². The maximum atomic E-state index is 13.9. The number of benzene rings is 1. The van der Waals surface area contributed by atoms with Crippen LogP contribution in [0.3, 0.4) is 0 Å². The summed E-state index contributed by atoms with van der Waals surface area (Å²) in [5, 5.41) is 0. The maximum absolute atomic E-state index is 13.9. The summed E-state index contributed by atoms with van der Waals surface area (Å²) in [6.45, 7) is 2.59. The molecule has 132 valence electrons. The topological polar surface area (TPSA) is 46.6 Å². The number of ketones is 1. The van der Waals surface area contributed by atoms with Crippen LogP contribution < -0.4 is 0 Å². The van der Waals surface area contributed by atoms with Crippen LogP contribution in [-0.4, -0.2) is 42.9 Å². The third kappa shape index (κ3) is 4.60. The lowest BCUT2D eigenvalue weighted by molar-refractivity contribution is -0.146. The summed E-state index contributed by atoms with van der Waals surface area (Å²) in [5.74, 6) is -2.07. The van der Waals surface area contributed by atoms with Crippen LogP contribution in [0.5, 0.6) is 0 Å². The van der Waals surface area contributed by atoms with Gasteiger partial charge in [0.25, 0.3) is 0 Å². The van der Waals surface area contributed by atoms with E-state index < -0.39 is 17.6 Å². The van der Waals surface area contributed by atoms with Crippen LogP contribution >= 0.6 is 0 Å².